The van der Waals surface area contributed by atoms with Crippen LogP contribution in [0.1, 0.15) is 24.8 Å². The largest absolute Gasteiger partial charge is 0.466 e. The van der Waals surface area contributed by atoms with E-state index in [0.29, 0.717) is 37.8 Å². The van der Waals surface area contributed by atoms with Gasteiger partial charge < -0.3 is 14.6 Å². The van der Waals surface area contributed by atoms with Gasteiger partial charge in [0.25, 0.3) is 0 Å². The molecule has 0 aliphatic heterocycles. The van der Waals surface area contributed by atoms with Gasteiger partial charge in [0.05, 0.1) is 19.6 Å². The van der Waals surface area contributed by atoms with Crippen LogP contribution in [0.2, 0.25) is 0 Å². The van der Waals surface area contributed by atoms with E-state index in [1.54, 1.807) is 6.92 Å². The molecule has 2 aromatic rings. The van der Waals surface area contributed by atoms with E-state index in [1.807, 2.05) is 31.2 Å². The second-order valence-electron chi connectivity index (χ2n) is 4.56. The van der Waals surface area contributed by atoms with E-state index in [9.17, 15) is 4.79 Å². The second kappa shape index (κ2) is 7.54. The Balaban J connectivity index is 1.84. The first kappa shape index (κ1) is 15.2. The Morgan fingerprint density at radius 3 is 2.95 bits per heavy atom. The van der Waals surface area contributed by atoms with Crippen LogP contribution >= 0.6 is 0 Å². The normalized spacial score (nSPS) is 10.6. The van der Waals surface area contributed by atoms with Crippen LogP contribution in [-0.2, 0) is 16.1 Å². The van der Waals surface area contributed by atoms with Crippen LogP contribution in [0.25, 0.3) is 11.4 Å². The SMILES string of the molecule is CCOC(=O)CCNCc1nc(-c2ccccc2C)no1. The second-order valence-corrected chi connectivity index (χ2v) is 4.56. The summed E-state index contributed by atoms with van der Waals surface area (Å²) < 4.78 is 10.0. The molecule has 0 saturated heterocycles. The molecule has 0 amide bonds. The van der Waals surface area contributed by atoms with Gasteiger partial charge >= 0.3 is 5.97 Å². The summed E-state index contributed by atoms with van der Waals surface area (Å²) in [6.07, 6.45) is 0.326. The van der Waals surface area contributed by atoms with Crippen molar-refractivity contribution in [1.29, 1.82) is 0 Å². The molecule has 1 aromatic heterocycles. The Bertz CT molecular complexity index is 595. The summed E-state index contributed by atoms with van der Waals surface area (Å²) in [5, 5.41) is 7.05. The summed E-state index contributed by atoms with van der Waals surface area (Å²) in [4.78, 5) is 15.5. The molecule has 0 unspecified atom stereocenters. The average Bonchev–Trinajstić information content (AvgIpc) is 2.93. The maximum absolute atomic E-state index is 11.2. The minimum absolute atomic E-state index is 0.212. The molecule has 0 saturated carbocycles. The van der Waals surface area contributed by atoms with Gasteiger partial charge in [0.2, 0.25) is 11.7 Å². The molecular weight excluding hydrogens is 270 g/mol. The highest BCUT2D eigenvalue weighted by Crippen LogP contribution is 2.19. The molecule has 6 heteroatoms. The standard InChI is InChI=1S/C15H19N3O3/c1-3-20-14(19)8-9-16-10-13-17-15(18-21-13)12-7-5-4-6-11(12)2/h4-7,16H,3,8-10H2,1-2H3. The number of nitrogens with one attached hydrogen (secondary N) is 1. The minimum Gasteiger partial charge on any atom is -0.466 e. The van der Waals surface area contributed by atoms with Crippen LogP contribution in [0.3, 0.4) is 0 Å². The van der Waals surface area contributed by atoms with Gasteiger partial charge in [0.1, 0.15) is 0 Å². The predicted molar refractivity (Wildman–Crippen MR) is 77.4 cm³/mol. The van der Waals surface area contributed by atoms with Gasteiger partial charge in [-0.05, 0) is 19.4 Å². The Morgan fingerprint density at radius 1 is 1.38 bits per heavy atom. The van der Waals surface area contributed by atoms with Gasteiger partial charge in [-0.25, -0.2) is 0 Å². The molecule has 1 aromatic carbocycles. The number of esters is 1. The summed E-state index contributed by atoms with van der Waals surface area (Å²) in [5.41, 5.74) is 2.05. The lowest BCUT2D eigenvalue weighted by atomic mass is 10.1. The quantitative estimate of drug-likeness (QED) is 0.621. The average molecular weight is 289 g/mol. The molecule has 0 aliphatic carbocycles. The molecule has 0 fully saturated rings. The minimum atomic E-state index is -0.212. The van der Waals surface area contributed by atoms with Crippen molar-refractivity contribution in [2.24, 2.45) is 0 Å². The zero-order valence-electron chi connectivity index (χ0n) is 12.3. The maximum Gasteiger partial charge on any atom is 0.307 e. The lowest BCUT2D eigenvalue weighted by Crippen LogP contribution is -2.19. The van der Waals surface area contributed by atoms with Crippen molar-refractivity contribution >= 4 is 5.97 Å². The number of ether oxygens (including phenoxy) is 1. The summed E-state index contributed by atoms with van der Waals surface area (Å²) >= 11 is 0. The third-order valence-electron chi connectivity index (χ3n) is 2.94. The van der Waals surface area contributed by atoms with E-state index in [2.05, 4.69) is 15.5 Å². The molecule has 0 spiro atoms. The van der Waals surface area contributed by atoms with E-state index in [-0.39, 0.29) is 5.97 Å². The van der Waals surface area contributed by atoms with Crippen molar-refractivity contribution in [2.75, 3.05) is 13.2 Å². The van der Waals surface area contributed by atoms with Crippen LogP contribution in [-0.4, -0.2) is 29.3 Å². The first-order valence-corrected chi connectivity index (χ1v) is 6.95. The van der Waals surface area contributed by atoms with E-state index >= 15 is 0 Å². The van der Waals surface area contributed by atoms with Crippen LogP contribution in [0.4, 0.5) is 0 Å². The molecule has 21 heavy (non-hydrogen) atoms. The van der Waals surface area contributed by atoms with Gasteiger partial charge in [0, 0.05) is 12.1 Å². The Hall–Kier alpha value is -2.21. The highest BCUT2D eigenvalue weighted by Gasteiger charge is 2.10. The molecule has 1 heterocycles. The monoisotopic (exact) mass is 289 g/mol. The molecule has 2 rings (SSSR count). The number of aryl methyl sites for hydroxylation is 1. The molecule has 0 atom stereocenters. The number of nitrogens with zero attached hydrogens (tertiary/aromatic N) is 2. The molecule has 0 aliphatic rings. The molecule has 0 radical (unpaired) electrons. The van der Waals surface area contributed by atoms with Gasteiger partial charge in [-0.15, -0.1) is 0 Å². The molecular formula is C15H19N3O3. The zero-order chi connectivity index (χ0) is 15.1. The molecule has 1 N–H and O–H groups in total. The van der Waals surface area contributed by atoms with E-state index < -0.39 is 0 Å². The van der Waals surface area contributed by atoms with Crippen molar-refractivity contribution in [3.05, 3.63) is 35.7 Å². The van der Waals surface area contributed by atoms with Crippen molar-refractivity contribution in [1.82, 2.24) is 15.5 Å². The van der Waals surface area contributed by atoms with Gasteiger partial charge in [-0.3, -0.25) is 4.79 Å². The van der Waals surface area contributed by atoms with Crippen molar-refractivity contribution in [3.8, 4) is 11.4 Å². The first-order chi connectivity index (χ1) is 10.2. The number of carbonyl (C=O) groups is 1. The smallest absolute Gasteiger partial charge is 0.307 e. The fourth-order valence-electron chi connectivity index (χ4n) is 1.88. The number of carbonyl (C=O) groups excluding carboxylic acids is 1. The fourth-order valence-corrected chi connectivity index (χ4v) is 1.88. The topological polar surface area (TPSA) is 77.2 Å². The van der Waals surface area contributed by atoms with E-state index in [1.165, 1.54) is 0 Å². The predicted octanol–water partition coefficient (Wildman–Crippen LogP) is 2.09. The van der Waals surface area contributed by atoms with Crippen molar-refractivity contribution in [3.63, 3.8) is 0 Å². The zero-order valence-corrected chi connectivity index (χ0v) is 12.3. The number of benzene rings is 1. The number of hydrogen-bond acceptors (Lipinski definition) is 6. The van der Waals surface area contributed by atoms with Gasteiger partial charge in [-0.1, -0.05) is 29.4 Å². The third-order valence-corrected chi connectivity index (χ3v) is 2.94. The summed E-state index contributed by atoms with van der Waals surface area (Å²) in [6.45, 7) is 5.14. The number of hydrogen-bond donors (Lipinski definition) is 1. The van der Waals surface area contributed by atoms with E-state index in [4.69, 9.17) is 9.26 Å². The number of rotatable bonds is 7. The number of aromatic nitrogens is 2. The van der Waals surface area contributed by atoms with Crippen molar-refractivity contribution in [2.45, 2.75) is 26.8 Å². The highest BCUT2D eigenvalue weighted by atomic mass is 16.5. The Kier molecular flexibility index (Phi) is 5.45. The Labute approximate surface area is 123 Å². The van der Waals surface area contributed by atoms with Crippen LogP contribution in [0, 0.1) is 6.92 Å². The molecule has 112 valence electrons. The third kappa shape index (κ3) is 4.39. The van der Waals surface area contributed by atoms with Crippen LogP contribution < -0.4 is 5.32 Å². The van der Waals surface area contributed by atoms with Crippen molar-refractivity contribution < 1.29 is 14.1 Å². The summed E-state index contributed by atoms with van der Waals surface area (Å²) in [6, 6.07) is 7.87. The first-order valence-electron chi connectivity index (χ1n) is 6.95. The summed E-state index contributed by atoms with van der Waals surface area (Å²) in [7, 11) is 0. The van der Waals surface area contributed by atoms with Gasteiger partial charge in [-0.2, -0.15) is 4.98 Å². The van der Waals surface area contributed by atoms with Crippen LogP contribution in [0.5, 0.6) is 0 Å². The Morgan fingerprint density at radius 2 is 2.19 bits per heavy atom. The maximum atomic E-state index is 11.2. The summed E-state index contributed by atoms with van der Waals surface area (Å²) in [5.74, 6) is 0.864. The molecule has 6 nitrogen and oxygen atoms in total. The van der Waals surface area contributed by atoms with Crippen LogP contribution in [0.15, 0.2) is 28.8 Å². The highest BCUT2D eigenvalue weighted by molar-refractivity contribution is 5.69. The lowest BCUT2D eigenvalue weighted by molar-refractivity contribution is -0.142. The fraction of sp³-hybridized carbons (Fsp3) is 0.400. The lowest BCUT2D eigenvalue weighted by Gasteiger charge is -2.01. The van der Waals surface area contributed by atoms with Gasteiger partial charge in [0.15, 0.2) is 0 Å². The van der Waals surface area contributed by atoms with E-state index in [0.717, 1.165) is 11.1 Å². The molecule has 0 bridgehead atoms.